The van der Waals surface area contributed by atoms with E-state index in [1.54, 1.807) is 12.1 Å². The van der Waals surface area contributed by atoms with Gasteiger partial charge in [-0.2, -0.15) is 0 Å². The van der Waals surface area contributed by atoms with Gasteiger partial charge in [-0.25, -0.2) is 4.39 Å². The minimum Gasteiger partial charge on any atom is -0.491 e. The fourth-order valence-corrected chi connectivity index (χ4v) is 4.10. The Kier molecular flexibility index (Phi) is 8.73. The zero-order chi connectivity index (χ0) is 22.2. The molecule has 0 spiro atoms. The van der Waals surface area contributed by atoms with Crippen molar-refractivity contribution in [2.24, 2.45) is 5.92 Å². The molecule has 1 aliphatic heterocycles. The number of halogens is 2. The molecular formula is C25H32ClFN2O2. The van der Waals surface area contributed by atoms with Gasteiger partial charge in [-0.3, -0.25) is 9.69 Å². The fraction of sp³-hybridized carbons (Fsp3) is 0.480. The molecule has 6 heteroatoms. The van der Waals surface area contributed by atoms with E-state index in [1.165, 1.54) is 11.6 Å². The molecular weight excluding hydrogens is 415 g/mol. The lowest BCUT2D eigenvalue weighted by Crippen LogP contribution is -2.40. The largest absolute Gasteiger partial charge is 0.491 e. The molecule has 2 aromatic carbocycles. The van der Waals surface area contributed by atoms with Crippen LogP contribution in [0.3, 0.4) is 0 Å². The number of carbonyl (C=O) groups is 1. The van der Waals surface area contributed by atoms with E-state index < -0.39 is 0 Å². The number of carbonyl (C=O) groups excluding carboxylic acids is 1. The molecule has 1 N–H and O–H groups in total. The van der Waals surface area contributed by atoms with Crippen molar-refractivity contribution in [2.75, 3.05) is 19.6 Å². The maximum atomic E-state index is 14.0. The Hall–Kier alpha value is -2.11. The number of rotatable bonds is 9. The third-order valence-electron chi connectivity index (χ3n) is 5.58. The van der Waals surface area contributed by atoms with Crippen LogP contribution in [0.5, 0.6) is 5.75 Å². The van der Waals surface area contributed by atoms with E-state index in [0.717, 1.165) is 44.5 Å². The molecule has 0 unspecified atom stereocenters. The summed E-state index contributed by atoms with van der Waals surface area (Å²) < 4.78 is 19.7. The first-order valence-electron chi connectivity index (χ1n) is 11.1. The molecule has 0 radical (unpaired) electrons. The van der Waals surface area contributed by atoms with Gasteiger partial charge in [0.05, 0.1) is 6.10 Å². The number of nitrogens with one attached hydrogen (secondary N) is 1. The Morgan fingerprint density at radius 3 is 2.71 bits per heavy atom. The first kappa shape index (κ1) is 23.6. The molecule has 0 saturated carbocycles. The normalized spacial score (nSPS) is 15.3. The number of likely N-dealkylation sites (tertiary alicyclic amines) is 1. The van der Waals surface area contributed by atoms with E-state index in [9.17, 15) is 9.18 Å². The first-order valence-corrected chi connectivity index (χ1v) is 11.5. The van der Waals surface area contributed by atoms with Crippen molar-refractivity contribution < 1.29 is 13.9 Å². The van der Waals surface area contributed by atoms with Crippen LogP contribution < -0.4 is 10.1 Å². The van der Waals surface area contributed by atoms with Gasteiger partial charge < -0.3 is 10.1 Å². The highest BCUT2D eigenvalue weighted by Gasteiger charge is 2.25. The number of aryl methyl sites for hydroxylation is 1. The topological polar surface area (TPSA) is 41.6 Å². The SMILES string of the molecule is CC(C)Oc1cccc(CCCNC(=O)C2CCN(Cc3ccc(Cl)cc3F)CC2)c1. The van der Waals surface area contributed by atoms with Gasteiger partial charge in [-0.1, -0.05) is 29.8 Å². The van der Waals surface area contributed by atoms with E-state index in [0.29, 0.717) is 23.7 Å². The van der Waals surface area contributed by atoms with Crippen molar-refractivity contribution in [2.45, 2.75) is 52.2 Å². The number of amides is 1. The van der Waals surface area contributed by atoms with E-state index in [1.807, 2.05) is 26.0 Å². The van der Waals surface area contributed by atoms with Gasteiger partial charge in [0.2, 0.25) is 5.91 Å². The summed E-state index contributed by atoms with van der Waals surface area (Å²) in [6, 6.07) is 12.9. The number of nitrogens with zero attached hydrogens (tertiary/aromatic N) is 1. The van der Waals surface area contributed by atoms with Crippen molar-refractivity contribution >= 4 is 17.5 Å². The molecule has 0 aromatic heterocycles. The summed E-state index contributed by atoms with van der Waals surface area (Å²) in [5.74, 6) is 0.791. The monoisotopic (exact) mass is 446 g/mol. The summed E-state index contributed by atoms with van der Waals surface area (Å²) in [7, 11) is 0. The van der Waals surface area contributed by atoms with Crippen molar-refractivity contribution in [1.82, 2.24) is 10.2 Å². The smallest absolute Gasteiger partial charge is 0.223 e. The van der Waals surface area contributed by atoms with Gasteiger partial charge in [-0.05, 0) is 82.4 Å². The van der Waals surface area contributed by atoms with Crippen molar-refractivity contribution in [3.8, 4) is 5.75 Å². The highest BCUT2D eigenvalue weighted by molar-refractivity contribution is 6.30. The molecule has 1 saturated heterocycles. The lowest BCUT2D eigenvalue weighted by Gasteiger charge is -2.31. The van der Waals surface area contributed by atoms with Crippen LogP contribution >= 0.6 is 11.6 Å². The average Bonchev–Trinajstić information content (AvgIpc) is 2.73. The Morgan fingerprint density at radius 1 is 1.23 bits per heavy atom. The predicted octanol–water partition coefficient (Wildman–Crippen LogP) is 5.23. The molecule has 1 aliphatic rings. The summed E-state index contributed by atoms with van der Waals surface area (Å²) in [5, 5.41) is 3.50. The van der Waals surface area contributed by atoms with Gasteiger partial charge in [0.15, 0.2) is 0 Å². The summed E-state index contributed by atoms with van der Waals surface area (Å²) in [4.78, 5) is 14.7. The minimum absolute atomic E-state index is 0.0362. The molecule has 4 nitrogen and oxygen atoms in total. The van der Waals surface area contributed by atoms with E-state index in [4.69, 9.17) is 16.3 Å². The van der Waals surface area contributed by atoms with Crippen LogP contribution in [0.2, 0.25) is 5.02 Å². The number of hydrogen-bond donors (Lipinski definition) is 1. The van der Waals surface area contributed by atoms with Gasteiger partial charge in [0, 0.05) is 29.6 Å². The molecule has 0 aliphatic carbocycles. The lowest BCUT2D eigenvalue weighted by molar-refractivity contribution is -0.126. The van der Waals surface area contributed by atoms with E-state index in [-0.39, 0.29) is 23.7 Å². The third-order valence-corrected chi connectivity index (χ3v) is 5.81. The van der Waals surface area contributed by atoms with Crippen LogP contribution in [0.4, 0.5) is 4.39 Å². The van der Waals surface area contributed by atoms with Crippen LogP contribution in [0, 0.1) is 11.7 Å². The maximum Gasteiger partial charge on any atom is 0.223 e. The minimum atomic E-state index is -0.270. The quantitative estimate of drug-likeness (QED) is 0.536. The molecule has 2 aromatic rings. The van der Waals surface area contributed by atoms with Crippen molar-refractivity contribution in [3.05, 3.63) is 64.4 Å². The van der Waals surface area contributed by atoms with E-state index >= 15 is 0 Å². The van der Waals surface area contributed by atoms with Crippen molar-refractivity contribution in [3.63, 3.8) is 0 Å². The molecule has 0 atom stereocenters. The highest BCUT2D eigenvalue weighted by atomic mass is 35.5. The molecule has 168 valence electrons. The third kappa shape index (κ3) is 7.51. The highest BCUT2D eigenvalue weighted by Crippen LogP contribution is 2.22. The standard InChI is InChI=1S/C25H32ClFN2O2/c1-18(2)31-23-7-3-5-19(15-23)6-4-12-28-25(30)20-10-13-29(14-11-20)17-21-8-9-22(26)16-24(21)27/h3,5,7-9,15-16,18,20H,4,6,10-14,17H2,1-2H3,(H,28,30). The lowest BCUT2D eigenvalue weighted by atomic mass is 9.95. The molecule has 0 bridgehead atoms. The zero-order valence-electron chi connectivity index (χ0n) is 18.4. The van der Waals surface area contributed by atoms with Gasteiger partial charge in [-0.15, -0.1) is 0 Å². The van der Waals surface area contributed by atoms with Gasteiger partial charge in [0.25, 0.3) is 0 Å². The Bertz CT molecular complexity index is 866. The second-order valence-electron chi connectivity index (χ2n) is 8.49. The van der Waals surface area contributed by atoms with Crippen LogP contribution in [-0.4, -0.2) is 36.5 Å². The number of hydrogen-bond acceptors (Lipinski definition) is 3. The number of ether oxygens (including phenoxy) is 1. The van der Waals surface area contributed by atoms with Crippen LogP contribution in [0.1, 0.15) is 44.2 Å². The van der Waals surface area contributed by atoms with Crippen LogP contribution in [0.15, 0.2) is 42.5 Å². The average molecular weight is 447 g/mol. The molecule has 31 heavy (non-hydrogen) atoms. The molecule has 3 rings (SSSR count). The fourth-order valence-electron chi connectivity index (χ4n) is 3.94. The summed E-state index contributed by atoms with van der Waals surface area (Å²) in [5.41, 5.74) is 1.87. The van der Waals surface area contributed by atoms with Crippen molar-refractivity contribution in [1.29, 1.82) is 0 Å². The van der Waals surface area contributed by atoms with Gasteiger partial charge in [0.1, 0.15) is 11.6 Å². The summed E-state index contributed by atoms with van der Waals surface area (Å²) in [6.07, 6.45) is 3.56. The zero-order valence-corrected chi connectivity index (χ0v) is 19.1. The molecule has 1 fully saturated rings. The first-order chi connectivity index (χ1) is 14.9. The molecule has 1 amide bonds. The van der Waals surface area contributed by atoms with E-state index in [2.05, 4.69) is 22.3 Å². The van der Waals surface area contributed by atoms with Crippen LogP contribution in [0.25, 0.3) is 0 Å². The second-order valence-corrected chi connectivity index (χ2v) is 8.93. The van der Waals surface area contributed by atoms with Gasteiger partial charge >= 0.3 is 0 Å². The van der Waals surface area contributed by atoms with Crippen LogP contribution in [-0.2, 0) is 17.8 Å². The number of benzene rings is 2. The second kappa shape index (κ2) is 11.5. The molecule has 1 heterocycles. The summed E-state index contributed by atoms with van der Waals surface area (Å²) >= 11 is 5.82. The maximum absolute atomic E-state index is 14.0. The Labute approximate surface area is 189 Å². The number of piperidine rings is 1. The predicted molar refractivity (Wildman–Crippen MR) is 123 cm³/mol. The Morgan fingerprint density at radius 2 is 2.00 bits per heavy atom. The Balaban J connectivity index is 1.35. The summed E-state index contributed by atoms with van der Waals surface area (Å²) in [6.45, 7) is 6.85.